The molecule has 1 heterocycles. The van der Waals surface area contributed by atoms with Gasteiger partial charge in [0.15, 0.2) is 5.82 Å². The van der Waals surface area contributed by atoms with Crippen molar-refractivity contribution in [1.29, 1.82) is 0 Å². The summed E-state index contributed by atoms with van der Waals surface area (Å²) < 4.78 is 0. The minimum Gasteiger partial charge on any atom is -0.271 e. The van der Waals surface area contributed by atoms with Crippen molar-refractivity contribution in [2.45, 2.75) is 44.6 Å². The topological polar surface area (TPSA) is 63.8 Å². The molecule has 160 valence electrons. The fraction of sp³-hybridized carbons (Fsp3) is 0.304. The fourth-order valence-corrected chi connectivity index (χ4v) is 4.07. The van der Waals surface area contributed by atoms with Crippen molar-refractivity contribution in [2.75, 3.05) is 0 Å². The zero-order chi connectivity index (χ0) is 19.5. The molecule has 0 amide bonds. The van der Waals surface area contributed by atoms with E-state index in [0.717, 1.165) is 47.6 Å². The van der Waals surface area contributed by atoms with E-state index in [1.165, 1.54) is 16.6 Å². The van der Waals surface area contributed by atoms with Crippen molar-refractivity contribution in [3.8, 4) is 0 Å². The molecule has 0 spiro atoms. The predicted molar refractivity (Wildman–Crippen MR) is 131 cm³/mol. The van der Waals surface area contributed by atoms with Crippen LogP contribution in [0.2, 0.25) is 5.02 Å². The summed E-state index contributed by atoms with van der Waals surface area (Å²) in [4.78, 5) is 9.75. The maximum atomic E-state index is 5.97. The number of aromatic nitrogens is 2. The molecule has 4 nitrogen and oxygen atoms in total. The highest BCUT2D eigenvalue weighted by Gasteiger charge is 2.24. The predicted octanol–water partition coefficient (Wildman–Crippen LogP) is 6.10. The van der Waals surface area contributed by atoms with Gasteiger partial charge >= 0.3 is 0 Å². The standard InChI is InChI=1S/C23H25ClN4.2ClH/c1-15-2-12-21-20(14-15)23(17-6-10-19(28-25)11-7-17)27-22(26-21)13-5-16-3-8-18(24)9-4-16;;/h2-5,8-9,12-14,17,19,28H,6-7,10-11,25H2,1H3;2*1H/t17-,19+;;. The van der Waals surface area contributed by atoms with E-state index in [1.54, 1.807) is 0 Å². The molecule has 7 heteroatoms. The molecule has 0 atom stereocenters. The fourth-order valence-electron chi connectivity index (χ4n) is 3.95. The van der Waals surface area contributed by atoms with Gasteiger partial charge in [-0.05, 0) is 68.5 Å². The summed E-state index contributed by atoms with van der Waals surface area (Å²) in [5, 5.41) is 1.91. The molecule has 0 saturated heterocycles. The lowest BCUT2D eigenvalue weighted by Gasteiger charge is -2.28. The number of aryl methyl sites for hydroxylation is 1. The molecule has 0 unspecified atom stereocenters. The van der Waals surface area contributed by atoms with Gasteiger partial charge in [-0.3, -0.25) is 11.3 Å². The second kappa shape index (κ2) is 11.1. The normalized spacial score (nSPS) is 18.8. The first-order valence-electron chi connectivity index (χ1n) is 9.80. The smallest absolute Gasteiger partial charge is 0.152 e. The molecule has 3 N–H and O–H groups in total. The van der Waals surface area contributed by atoms with Gasteiger partial charge in [-0.2, -0.15) is 0 Å². The number of benzene rings is 2. The van der Waals surface area contributed by atoms with Crippen LogP contribution in [0.4, 0.5) is 0 Å². The molecule has 0 aliphatic heterocycles. The maximum Gasteiger partial charge on any atom is 0.152 e. The maximum absolute atomic E-state index is 5.97. The van der Waals surface area contributed by atoms with Crippen molar-refractivity contribution in [1.82, 2.24) is 15.4 Å². The van der Waals surface area contributed by atoms with Crippen LogP contribution in [0.3, 0.4) is 0 Å². The molecule has 1 saturated carbocycles. The van der Waals surface area contributed by atoms with Crippen molar-refractivity contribution < 1.29 is 0 Å². The van der Waals surface area contributed by atoms with Crippen LogP contribution in [0.25, 0.3) is 23.1 Å². The van der Waals surface area contributed by atoms with E-state index in [1.807, 2.05) is 36.4 Å². The first kappa shape index (κ1) is 24.6. The number of nitrogens with zero attached hydrogens (tertiary/aromatic N) is 2. The zero-order valence-corrected chi connectivity index (χ0v) is 19.2. The van der Waals surface area contributed by atoms with E-state index in [0.29, 0.717) is 12.0 Å². The van der Waals surface area contributed by atoms with Crippen LogP contribution in [0.1, 0.15) is 54.2 Å². The largest absolute Gasteiger partial charge is 0.271 e. The highest BCUT2D eigenvalue weighted by Crippen LogP contribution is 2.35. The summed E-state index contributed by atoms with van der Waals surface area (Å²) in [6, 6.07) is 14.6. The van der Waals surface area contributed by atoms with Gasteiger partial charge in [0, 0.05) is 22.4 Å². The Morgan fingerprint density at radius 2 is 1.67 bits per heavy atom. The molecule has 3 aromatic rings. The first-order valence-corrected chi connectivity index (χ1v) is 10.2. The lowest BCUT2D eigenvalue weighted by Crippen LogP contribution is -2.37. The Labute approximate surface area is 195 Å². The Hall–Kier alpha value is -1.69. The zero-order valence-electron chi connectivity index (χ0n) is 16.8. The molecule has 30 heavy (non-hydrogen) atoms. The Morgan fingerprint density at radius 3 is 2.33 bits per heavy atom. The molecule has 0 bridgehead atoms. The van der Waals surface area contributed by atoms with E-state index >= 15 is 0 Å². The number of nitrogens with one attached hydrogen (secondary N) is 1. The minimum atomic E-state index is 0. The monoisotopic (exact) mass is 464 g/mol. The average Bonchev–Trinajstić information content (AvgIpc) is 2.73. The number of nitrogens with two attached hydrogens (primary N) is 1. The van der Waals surface area contributed by atoms with Gasteiger partial charge in [0.25, 0.3) is 0 Å². The summed E-state index contributed by atoms with van der Waals surface area (Å²) in [5.74, 6) is 6.83. The third-order valence-electron chi connectivity index (χ3n) is 5.54. The number of fused-ring (bicyclic) bond motifs is 1. The second-order valence-electron chi connectivity index (χ2n) is 7.59. The molecular formula is C23H27Cl3N4. The Kier molecular flexibility index (Phi) is 9.08. The molecule has 1 fully saturated rings. The number of halogens is 3. The summed E-state index contributed by atoms with van der Waals surface area (Å²) in [6.07, 6.45) is 8.36. The molecular weight excluding hydrogens is 439 g/mol. The van der Waals surface area contributed by atoms with Crippen LogP contribution in [0.5, 0.6) is 0 Å². The van der Waals surface area contributed by atoms with Gasteiger partial charge in [-0.25, -0.2) is 9.97 Å². The Bertz CT molecular complexity index is 997. The van der Waals surface area contributed by atoms with Crippen molar-refractivity contribution >= 4 is 59.5 Å². The van der Waals surface area contributed by atoms with Gasteiger partial charge < -0.3 is 0 Å². The summed E-state index contributed by atoms with van der Waals surface area (Å²) in [7, 11) is 0. The molecule has 1 aromatic heterocycles. The van der Waals surface area contributed by atoms with Crippen molar-refractivity contribution in [2.24, 2.45) is 5.84 Å². The lowest BCUT2D eigenvalue weighted by atomic mass is 9.83. The Balaban J connectivity index is 0.00000160. The summed E-state index contributed by atoms with van der Waals surface area (Å²) >= 11 is 5.97. The molecule has 1 aliphatic carbocycles. The van der Waals surface area contributed by atoms with Gasteiger partial charge in [-0.1, -0.05) is 41.4 Å². The molecule has 2 aromatic carbocycles. The molecule has 4 rings (SSSR count). The highest BCUT2D eigenvalue weighted by molar-refractivity contribution is 6.30. The van der Waals surface area contributed by atoms with Crippen LogP contribution in [-0.4, -0.2) is 16.0 Å². The SMILES string of the molecule is Cc1ccc2nc(C=Cc3ccc(Cl)cc3)nc([C@H]3CC[C@@H](NN)CC3)c2c1.Cl.Cl. The lowest BCUT2D eigenvalue weighted by molar-refractivity contribution is 0.344. The number of hydrogen-bond donors (Lipinski definition) is 2. The van der Waals surface area contributed by atoms with Crippen LogP contribution < -0.4 is 11.3 Å². The van der Waals surface area contributed by atoms with Crippen molar-refractivity contribution in [3.63, 3.8) is 0 Å². The Morgan fingerprint density at radius 1 is 0.967 bits per heavy atom. The van der Waals surface area contributed by atoms with Crippen LogP contribution in [0, 0.1) is 6.92 Å². The van der Waals surface area contributed by atoms with E-state index in [9.17, 15) is 0 Å². The molecule has 0 radical (unpaired) electrons. The van der Waals surface area contributed by atoms with E-state index < -0.39 is 0 Å². The van der Waals surface area contributed by atoms with Gasteiger partial charge in [0.1, 0.15) is 0 Å². The number of hydrogen-bond acceptors (Lipinski definition) is 4. The van der Waals surface area contributed by atoms with Crippen LogP contribution >= 0.6 is 36.4 Å². The third kappa shape index (κ3) is 5.71. The van der Waals surface area contributed by atoms with Crippen LogP contribution in [0.15, 0.2) is 42.5 Å². The number of hydrazine groups is 1. The quantitative estimate of drug-likeness (QED) is 0.361. The van der Waals surface area contributed by atoms with E-state index in [2.05, 4.69) is 30.5 Å². The van der Waals surface area contributed by atoms with Crippen LogP contribution in [-0.2, 0) is 0 Å². The third-order valence-corrected chi connectivity index (χ3v) is 5.79. The first-order chi connectivity index (χ1) is 13.6. The second-order valence-corrected chi connectivity index (χ2v) is 8.02. The van der Waals surface area contributed by atoms with Crippen molar-refractivity contribution in [3.05, 3.63) is 70.1 Å². The summed E-state index contributed by atoms with van der Waals surface area (Å²) in [6.45, 7) is 2.12. The van der Waals surface area contributed by atoms with E-state index in [4.69, 9.17) is 27.4 Å². The number of rotatable bonds is 4. The van der Waals surface area contributed by atoms with Gasteiger partial charge in [0.05, 0.1) is 11.2 Å². The van der Waals surface area contributed by atoms with Gasteiger partial charge in [-0.15, -0.1) is 24.8 Å². The molecule has 1 aliphatic rings. The van der Waals surface area contributed by atoms with Gasteiger partial charge in [0.2, 0.25) is 0 Å². The highest BCUT2D eigenvalue weighted by atomic mass is 35.5. The minimum absolute atomic E-state index is 0. The van der Waals surface area contributed by atoms with E-state index in [-0.39, 0.29) is 24.8 Å². The summed E-state index contributed by atoms with van der Waals surface area (Å²) in [5.41, 5.74) is 7.41. The average molecular weight is 466 g/mol.